The number of halogens is 1. The molecule has 1 aromatic rings. The molecule has 1 aromatic carbocycles. The molecule has 0 aliphatic carbocycles. The average molecular weight is 294 g/mol. The second-order valence-corrected chi connectivity index (χ2v) is 5.30. The van der Waals surface area contributed by atoms with Gasteiger partial charge in [-0.2, -0.15) is 0 Å². The second kappa shape index (κ2) is 6.22. The Balaban J connectivity index is 2.46. The Kier molecular flexibility index (Phi) is 4.57. The molecule has 0 radical (unpaired) electrons. The Morgan fingerprint density at radius 3 is 2.90 bits per heavy atom. The molecule has 0 fully saturated rings. The van der Waals surface area contributed by atoms with E-state index in [0.717, 1.165) is 0 Å². The summed E-state index contributed by atoms with van der Waals surface area (Å²) < 4.78 is 13.4. The van der Waals surface area contributed by atoms with Crippen molar-refractivity contribution < 1.29 is 19.1 Å². The maximum Gasteiger partial charge on any atom is 0.249 e. The second-order valence-electron chi connectivity index (χ2n) is 5.30. The van der Waals surface area contributed by atoms with E-state index >= 15 is 0 Å². The molecule has 114 valence electrons. The minimum atomic E-state index is -0.676. The number of nitrogens with zero attached hydrogens (tertiary/aromatic N) is 1. The van der Waals surface area contributed by atoms with E-state index in [1.807, 2.05) is 13.8 Å². The van der Waals surface area contributed by atoms with Gasteiger partial charge in [-0.1, -0.05) is 20.3 Å². The summed E-state index contributed by atoms with van der Waals surface area (Å²) in [5, 5.41) is 11.9. The molecule has 1 aliphatic rings. The van der Waals surface area contributed by atoms with Crippen LogP contribution in [-0.4, -0.2) is 34.5 Å². The fourth-order valence-corrected chi connectivity index (χ4v) is 2.57. The lowest BCUT2D eigenvalue weighted by molar-refractivity contribution is -0.143. The first kappa shape index (κ1) is 15.4. The Bertz CT molecular complexity index is 562. The molecular formula is C15H19FN2O3. The molecule has 0 aromatic heterocycles. The average Bonchev–Trinajstić information content (AvgIpc) is 2.61. The Morgan fingerprint density at radius 2 is 2.29 bits per heavy atom. The topological polar surface area (TPSA) is 69.6 Å². The van der Waals surface area contributed by atoms with Gasteiger partial charge < -0.3 is 15.3 Å². The number of aliphatic hydroxyl groups is 1. The van der Waals surface area contributed by atoms with Crippen LogP contribution >= 0.6 is 0 Å². The van der Waals surface area contributed by atoms with Crippen molar-refractivity contribution in [3.05, 3.63) is 29.6 Å². The highest BCUT2D eigenvalue weighted by Crippen LogP contribution is 2.27. The van der Waals surface area contributed by atoms with Gasteiger partial charge in [-0.25, -0.2) is 4.39 Å². The van der Waals surface area contributed by atoms with Gasteiger partial charge in [0.2, 0.25) is 11.8 Å². The summed E-state index contributed by atoms with van der Waals surface area (Å²) in [6.07, 6.45) is 0.706. The number of aliphatic hydroxyl groups excluding tert-OH is 1. The van der Waals surface area contributed by atoms with Gasteiger partial charge in [0.1, 0.15) is 18.5 Å². The van der Waals surface area contributed by atoms with Crippen LogP contribution in [0.4, 0.5) is 10.1 Å². The Labute approximate surface area is 122 Å². The van der Waals surface area contributed by atoms with E-state index in [2.05, 4.69) is 5.32 Å². The van der Waals surface area contributed by atoms with Crippen molar-refractivity contribution in [2.24, 2.45) is 5.92 Å². The van der Waals surface area contributed by atoms with E-state index in [1.54, 1.807) is 0 Å². The van der Waals surface area contributed by atoms with Crippen LogP contribution in [0.3, 0.4) is 0 Å². The maximum absolute atomic E-state index is 13.4. The van der Waals surface area contributed by atoms with Gasteiger partial charge in [-0.15, -0.1) is 0 Å². The van der Waals surface area contributed by atoms with Crippen molar-refractivity contribution in [3.8, 4) is 0 Å². The van der Waals surface area contributed by atoms with E-state index in [-0.39, 0.29) is 18.4 Å². The molecule has 0 bridgehead atoms. The highest BCUT2D eigenvalue weighted by molar-refractivity contribution is 5.99. The van der Waals surface area contributed by atoms with Crippen LogP contribution < -0.4 is 5.32 Å². The number of nitrogens with one attached hydrogen (secondary N) is 1. The van der Waals surface area contributed by atoms with Crippen LogP contribution in [-0.2, 0) is 16.1 Å². The number of rotatable bonds is 3. The zero-order chi connectivity index (χ0) is 15.6. The first-order valence-corrected chi connectivity index (χ1v) is 6.97. The zero-order valence-electron chi connectivity index (χ0n) is 12.1. The molecule has 0 saturated carbocycles. The minimum Gasteiger partial charge on any atom is -0.387 e. The van der Waals surface area contributed by atoms with E-state index in [9.17, 15) is 14.0 Å². The van der Waals surface area contributed by atoms with E-state index in [4.69, 9.17) is 5.11 Å². The van der Waals surface area contributed by atoms with Crippen LogP contribution in [0, 0.1) is 11.7 Å². The third kappa shape index (κ3) is 3.05. The van der Waals surface area contributed by atoms with Gasteiger partial charge in [-0.3, -0.25) is 9.59 Å². The van der Waals surface area contributed by atoms with E-state index in [0.29, 0.717) is 17.7 Å². The number of fused-ring (bicyclic) bond motifs is 1. The van der Waals surface area contributed by atoms with E-state index in [1.165, 1.54) is 23.1 Å². The first-order chi connectivity index (χ1) is 9.97. The predicted molar refractivity (Wildman–Crippen MR) is 75.9 cm³/mol. The molecule has 0 saturated heterocycles. The molecular weight excluding hydrogens is 275 g/mol. The van der Waals surface area contributed by atoms with Crippen molar-refractivity contribution in [2.45, 2.75) is 32.9 Å². The van der Waals surface area contributed by atoms with Crippen LogP contribution in [0.1, 0.15) is 25.8 Å². The molecule has 5 nitrogen and oxygen atoms in total. The van der Waals surface area contributed by atoms with Gasteiger partial charge in [0.05, 0.1) is 0 Å². The Morgan fingerprint density at radius 1 is 1.57 bits per heavy atom. The highest BCUT2D eigenvalue weighted by atomic mass is 19.1. The van der Waals surface area contributed by atoms with Crippen LogP contribution in [0.15, 0.2) is 18.2 Å². The monoisotopic (exact) mass is 294 g/mol. The van der Waals surface area contributed by atoms with Crippen molar-refractivity contribution in [3.63, 3.8) is 0 Å². The molecule has 0 unspecified atom stereocenters. The van der Waals surface area contributed by atoms with Gasteiger partial charge in [0.15, 0.2) is 0 Å². The molecule has 2 atom stereocenters. The molecule has 6 heteroatoms. The largest absolute Gasteiger partial charge is 0.387 e. The molecule has 2 N–H and O–H groups in total. The smallest absolute Gasteiger partial charge is 0.249 e. The number of amides is 2. The molecule has 1 heterocycles. The third-order valence-electron chi connectivity index (χ3n) is 3.91. The van der Waals surface area contributed by atoms with Crippen molar-refractivity contribution in [2.75, 3.05) is 11.9 Å². The highest BCUT2D eigenvalue weighted by Gasteiger charge is 2.36. The summed E-state index contributed by atoms with van der Waals surface area (Å²) in [5.74, 6) is -1.34. The number of hydrogen-bond acceptors (Lipinski definition) is 3. The van der Waals surface area contributed by atoms with Crippen LogP contribution in [0.5, 0.6) is 0 Å². The Hall–Kier alpha value is -1.95. The lowest BCUT2D eigenvalue weighted by Crippen LogP contribution is -2.49. The van der Waals surface area contributed by atoms with Crippen molar-refractivity contribution in [1.29, 1.82) is 0 Å². The number of carbonyl (C=O) groups excluding carboxylic acids is 2. The molecule has 2 rings (SSSR count). The van der Waals surface area contributed by atoms with Crippen LogP contribution in [0.25, 0.3) is 0 Å². The zero-order valence-corrected chi connectivity index (χ0v) is 12.1. The van der Waals surface area contributed by atoms with Crippen LogP contribution in [0.2, 0.25) is 0 Å². The first-order valence-electron chi connectivity index (χ1n) is 6.97. The number of hydrogen-bond donors (Lipinski definition) is 2. The summed E-state index contributed by atoms with van der Waals surface area (Å²) >= 11 is 0. The molecule has 1 aliphatic heterocycles. The third-order valence-corrected chi connectivity index (χ3v) is 3.91. The molecule has 0 spiro atoms. The summed E-state index contributed by atoms with van der Waals surface area (Å²) in [4.78, 5) is 25.7. The van der Waals surface area contributed by atoms with Gasteiger partial charge in [0.25, 0.3) is 0 Å². The van der Waals surface area contributed by atoms with Gasteiger partial charge >= 0.3 is 0 Å². The predicted octanol–water partition coefficient (Wildman–Crippen LogP) is 1.51. The van der Waals surface area contributed by atoms with E-state index < -0.39 is 24.4 Å². The summed E-state index contributed by atoms with van der Waals surface area (Å²) in [5.41, 5.74) is 1.03. The number of carbonyl (C=O) groups is 2. The summed E-state index contributed by atoms with van der Waals surface area (Å²) in [7, 11) is 0. The van der Waals surface area contributed by atoms with Gasteiger partial charge in [0, 0.05) is 12.2 Å². The normalized spacial score (nSPS) is 19.5. The quantitative estimate of drug-likeness (QED) is 0.888. The fraction of sp³-hybridized carbons (Fsp3) is 0.467. The molecule has 2 amide bonds. The number of anilines is 1. The lowest BCUT2D eigenvalue weighted by Gasteiger charge is -2.31. The maximum atomic E-state index is 13.4. The fourth-order valence-electron chi connectivity index (χ4n) is 2.57. The van der Waals surface area contributed by atoms with Crippen molar-refractivity contribution in [1.82, 2.24) is 4.90 Å². The summed E-state index contributed by atoms with van der Waals surface area (Å²) in [6, 6.07) is 3.38. The number of benzene rings is 1. The summed E-state index contributed by atoms with van der Waals surface area (Å²) in [6.45, 7) is 3.22. The standard InChI is InChI=1S/C15H19FN2O3/c1-3-9(2)14-15(21)17-12-5-4-11(16)6-10(12)7-18(14)13(20)8-19/h4-6,9,14,19H,3,7-8H2,1-2H3,(H,17,21)/t9-,14-/m0/s1. The van der Waals surface area contributed by atoms with Crippen molar-refractivity contribution >= 4 is 17.5 Å². The molecule has 21 heavy (non-hydrogen) atoms. The lowest BCUT2D eigenvalue weighted by atomic mass is 9.96. The SMILES string of the molecule is CC[C@H](C)[C@H]1C(=O)Nc2ccc(F)cc2CN1C(=O)CO. The van der Waals surface area contributed by atoms with Gasteiger partial charge in [-0.05, 0) is 29.7 Å². The minimum absolute atomic E-state index is 0.0698.